The van der Waals surface area contributed by atoms with Gasteiger partial charge >= 0.3 is 0 Å². The first kappa shape index (κ1) is 10.7. The number of carbonyl (C=O) groups excluding carboxylic acids is 1. The lowest BCUT2D eigenvalue weighted by Gasteiger charge is -2.06. The monoisotopic (exact) mass is 287 g/mol. The van der Waals surface area contributed by atoms with Gasteiger partial charge in [-0.05, 0) is 30.2 Å². The van der Waals surface area contributed by atoms with Gasteiger partial charge in [-0.25, -0.2) is 0 Å². The Bertz CT molecular complexity index is 580. The van der Waals surface area contributed by atoms with Gasteiger partial charge in [0.2, 0.25) is 0 Å². The zero-order chi connectivity index (χ0) is 11.8. The first-order chi connectivity index (χ1) is 8.27. The molecule has 2 aromatic rings. The van der Waals surface area contributed by atoms with Crippen LogP contribution in [0.25, 0.3) is 0 Å². The predicted molar refractivity (Wildman–Crippen MR) is 69.2 cm³/mol. The maximum Gasteiger partial charge on any atom is 0.173 e. The van der Waals surface area contributed by atoms with E-state index in [0.717, 1.165) is 27.7 Å². The Morgan fingerprint density at radius 2 is 2.06 bits per heavy atom. The maximum atomic E-state index is 12.3. The van der Waals surface area contributed by atoms with Gasteiger partial charge in [-0.3, -0.25) is 9.78 Å². The molecule has 0 saturated heterocycles. The standard InChI is InChI=1S/C14H10BrNO/c15-11-5-3-4-9-8-10(14(17)13(9)11)12-6-1-2-7-16-12/h1-7,10H,8H2. The molecule has 1 aromatic heterocycles. The Morgan fingerprint density at radius 3 is 2.76 bits per heavy atom. The van der Waals surface area contributed by atoms with Gasteiger partial charge in [0.1, 0.15) is 0 Å². The van der Waals surface area contributed by atoms with Crippen molar-refractivity contribution in [3.05, 3.63) is 63.9 Å². The van der Waals surface area contributed by atoms with Crippen molar-refractivity contribution in [2.24, 2.45) is 0 Å². The van der Waals surface area contributed by atoms with Crippen molar-refractivity contribution in [3.8, 4) is 0 Å². The van der Waals surface area contributed by atoms with Gasteiger partial charge in [0.15, 0.2) is 5.78 Å². The second-order valence-electron chi connectivity index (χ2n) is 4.15. The number of carbonyl (C=O) groups is 1. The Morgan fingerprint density at radius 1 is 1.18 bits per heavy atom. The number of hydrogen-bond donors (Lipinski definition) is 0. The lowest BCUT2D eigenvalue weighted by atomic mass is 10.0. The molecule has 0 spiro atoms. The van der Waals surface area contributed by atoms with Crippen LogP contribution in [0.5, 0.6) is 0 Å². The van der Waals surface area contributed by atoms with Crippen molar-refractivity contribution >= 4 is 21.7 Å². The molecule has 17 heavy (non-hydrogen) atoms. The van der Waals surface area contributed by atoms with Crippen LogP contribution in [-0.2, 0) is 6.42 Å². The number of pyridine rings is 1. The average molecular weight is 288 g/mol. The van der Waals surface area contributed by atoms with Crippen molar-refractivity contribution in [1.82, 2.24) is 4.98 Å². The smallest absolute Gasteiger partial charge is 0.173 e. The van der Waals surface area contributed by atoms with E-state index in [1.807, 2.05) is 36.4 Å². The highest BCUT2D eigenvalue weighted by Crippen LogP contribution is 2.36. The third kappa shape index (κ3) is 1.71. The summed E-state index contributed by atoms with van der Waals surface area (Å²) < 4.78 is 0.887. The van der Waals surface area contributed by atoms with E-state index in [9.17, 15) is 4.79 Å². The lowest BCUT2D eigenvalue weighted by molar-refractivity contribution is 0.0970. The second kappa shape index (κ2) is 4.08. The fraction of sp³-hybridized carbons (Fsp3) is 0.143. The summed E-state index contributed by atoms with van der Waals surface area (Å²) >= 11 is 3.45. The third-order valence-electron chi connectivity index (χ3n) is 3.13. The molecule has 0 bridgehead atoms. The molecule has 1 aliphatic carbocycles. The van der Waals surface area contributed by atoms with Crippen LogP contribution in [0.2, 0.25) is 0 Å². The number of benzene rings is 1. The molecule has 1 aromatic carbocycles. The minimum atomic E-state index is -0.120. The molecule has 0 amide bonds. The van der Waals surface area contributed by atoms with E-state index < -0.39 is 0 Å². The molecule has 0 radical (unpaired) electrons. The van der Waals surface area contributed by atoms with Crippen molar-refractivity contribution < 1.29 is 4.79 Å². The average Bonchev–Trinajstić information content (AvgIpc) is 2.69. The first-order valence-corrected chi connectivity index (χ1v) is 6.29. The van der Waals surface area contributed by atoms with Crippen molar-refractivity contribution in [2.75, 3.05) is 0 Å². The molecule has 0 saturated carbocycles. The third-order valence-corrected chi connectivity index (χ3v) is 3.79. The topological polar surface area (TPSA) is 30.0 Å². The number of ketones is 1. The summed E-state index contributed by atoms with van der Waals surface area (Å²) in [5, 5.41) is 0. The highest BCUT2D eigenvalue weighted by Gasteiger charge is 2.33. The number of aromatic nitrogens is 1. The maximum absolute atomic E-state index is 12.3. The number of rotatable bonds is 1. The minimum Gasteiger partial charge on any atom is -0.293 e. The van der Waals surface area contributed by atoms with E-state index in [0.29, 0.717) is 0 Å². The summed E-state index contributed by atoms with van der Waals surface area (Å²) in [6.45, 7) is 0. The van der Waals surface area contributed by atoms with Crippen LogP contribution in [0.15, 0.2) is 47.1 Å². The van der Waals surface area contributed by atoms with Gasteiger partial charge < -0.3 is 0 Å². The Labute approximate surface area is 108 Å². The minimum absolute atomic E-state index is 0.120. The first-order valence-electron chi connectivity index (χ1n) is 5.50. The van der Waals surface area contributed by atoms with Gasteiger partial charge in [0.05, 0.1) is 11.6 Å². The number of fused-ring (bicyclic) bond motifs is 1. The van der Waals surface area contributed by atoms with Crippen molar-refractivity contribution in [2.45, 2.75) is 12.3 Å². The highest BCUT2D eigenvalue weighted by molar-refractivity contribution is 9.10. The van der Waals surface area contributed by atoms with E-state index in [1.54, 1.807) is 6.20 Å². The van der Waals surface area contributed by atoms with Gasteiger partial charge in [-0.2, -0.15) is 0 Å². The fourth-order valence-corrected chi connectivity index (χ4v) is 2.93. The van der Waals surface area contributed by atoms with Gasteiger partial charge in [-0.1, -0.05) is 34.1 Å². The summed E-state index contributed by atoms with van der Waals surface area (Å²) in [7, 11) is 0. The van der Waals surface area contributed by atoms with Crippen molar-refractivity contribution in [3.63, 3.8) is 0 Å². The molecule has 3 rings (SSSR count). The van der Waals surface area contributed by atoms with E-state index in [1.165, 1.54) is 0 Å². The number of Topliss-reactive ketones (excluding diaryl/α,β-unsaturated/α-hetero) is 1. The Kier molecular flexibility index (Phi) is 2.56. The van der Waals surface area contributed by atoms with Crippen LogP contribution in [0.4, 0.5) is 0 Å². The molecule has 1 unspecified atom stereocenters. The molecule has 2 nitrogen and oxygen atoms in total. The van der Waals surface area contributed by atoms with Gasteiger partial charge in [0, 0.05) is 16.2 Å². The van der Waals surface area contributed by atoms with E-state index in [-0.39, 0.29) is 11.7 Å². The van der Waals surface area contributed by atoms with Crippen LogP contribution >= 0.6 is 15.9 Å². The van der Waals surface area contributed by atoms with Crippen molar-refractivity contribution in [1.29, 1.82) is 0 Å². The molecule has 0 fully saturated rings. The Hall–Kier alpha value is -1.48. The van der Waals surface area contributed by atoms with Crippen LogP contribution in [-0.4, -0.2) is 10.8 Å². The van der Waals surface area contributed by atoms with Crippen LogP contribution in [0, 0.1) is 0 Å². The largest absolute Gasteiger partial charge is 0.293 e. The number of hydrogen-bond acceptors (Lipinski definition) is 2. The van der Waals surface area contributed by atoms with E-state index >= 15 is 0 Å². The lowest BCUT2D eigenvalue weighted by Crippen LogP contribution is -2.08. The highest BCUT2D eigenvalue weighted by atomic mass is 79.9. The zero-order valence-corrected chi connectivity index (χ0v) is 10.6. The molecule has 1 atom stereocenters. The van der Waals surface area contributed by atoms with Gasteiger partial charge in [-0.15, -0.1) is 0 Å². The second-order valence-corrected chi connectivity index (χ2v) is 5.00. The molecule has 1 aliphatic rings. The molecule has 3 heteroatoms. The molecular weight excluding hydrogens is 278 g/mol. The van der Waals surface area contributed by atoms with Crippen LogP contribution in [0.3, 0.4) is 0 Å². The van der Waals surface area contributed by atoms with E-state index in [2.05, 4.69) is 20.9 Å². The van der Waals surface area contributed by atoms with Crippen LogP contribution in [0.1, 0.15) is 27.5 Å². The summed E-state index contributed by atoms with van der Waals surface area (Å²) in [4.78, 5) is 16.6. The molecule has 84 valence electrons. The van der Waals surface area contributed by atoms with Gasteiger partial charge in [0.25, 0.3) is 0 Å². The molecular formula is C14H10BrNO. The fourth-order valence-electron chi connectivity index (χ4n) is 2.32. The summed E-state index contributed by atoms with van der Waals surface area (Å²) in [5.74, 6) is 0.0519. The summed E-state index contributed by atoms with van der Waals surface area (Å²) in [5.41, 5.74) is 2.80. The zero-order valence-electron chi connectivity index (χ0n) is 9.06. The number of halogens is 1. The summed E-state index contributed by atoms with van der Waals surface area (Å²) in [6, 6.07) is 11.6. The van der Waals surface area contributed by atoms with Crippen LogP contribution < -0.4 is 0 Å². The molecule has 0 aliphatic heterocycles. The molecule has 1 heterocycles. The number of nitrogens with zero attached hydrogens (tertiary/aromatic N) is 1. The summed E-state index contributed by atoms with van der Waals surface area (Å²) in [6.07, 6.45) is 2.49. The SMILES string of the molecule is O=C1c2c(Br)cccc2CC1c1ccccn1. The normalized spacial score (nSPS) is 18.2. The predicted octanol–water partition coefficient (Wildman–Crippen LogP) is 3.37. The molecule has 0 N–H and O–H groups in total. The quantitative estimate of drug-likeness (QED) is 0.805. The Balaban J connectivity index is 2.06. The van der Waals surface area contributed by atoms with E-state index in [4.69, 9.17) is 0 Å².